The number of ether oxygens (including phenoxy) is 1. The molecule has 0 bridgehead atoms. The third-order valence-electron chi connectivity index (χ3n) is 2.07. The van der Waals surface area contributed by atoms with E-state index in [2.05, 4.69) is 4.74 Å². The summed E-state index contributed by atoms with van der Waals surface area (Å²) in [6.45, 7) is 0. The highest BCUT2D eigenvalue weighted by Crippen LogP contribution is 2.34. The van der Waals surface area contributed by atoms with Crippen molar-refractivity contribution in [3.05, 3.63) is 34.6 Å². The van der Waals surface area contributed by atoms with Gasteiger partial charge in [-0.1, -0.05) is 0 Å². The van der Waals surface area contributed by atoms with E-state index in [1.54, 1.807) is 0 Å². The van der Waals surface area contributed by atoms with Crippen LogP contribution in [0.4, 0.5) is 17.6 Å². The zero-order chi connectivity index (χ0) is 14.1. The number of carboxylic acid groups (broad SMARTS) is 1. The van der Waals surface area contributed by atoms with Gasteiger partial charge in [-0.2, -0.15) is 13.2 Å². The van der Waals surface area contributed by atoms with Crippen LogP contribution in [-0.2, 0) is 10.9 Å². The number of rotatable bonds is 2. The minimum Gasteiger partial charge on any atom is -0.478 e. The fourth-order valence-electron chi connectivity index (χ4n) is 1.28. The van der Waals surface area contributed by atoms with E-state index < -0.39 is 40.6 Å². The molecule has 0 atom stereocenters. The van der Waals surface area contributed by atoms with Crippen LogP contribution in [0.5, 0.6) is 0 Å². The van der Waals surface area contributed by atoms with Gasteiger partial charge in [0, 0.05) is 0 Å². The molecule has 0 saturated carbocycles. The molecule has 18 heavy (non-hydrogen) atoms. The van der Waals surface area contributed by atoms with E-state index in [4.69, 9.17) is 5.11 Å². The van der Waals surface area contributed by atoms with Crippen LogP contribution in [0.1, 0.15) is 26.3 Å². The number of hydrogen-bond donors (Lipinski definition) is 1. The Morgan fingerprint density at radius 3 is 2.22 bits per heavy atom. The zero-order valence-corrected chi connectivity index (χ0v) is 8.84. The van der Waals surface area contributed by atoms with Gasteiger partial charge in [0.1, 0.15) is 5.56 Å². The lowest BCUT2D eigenvalue weighted by atomic mass is 10.0. The van der Waals surface area contributed by atoms with Gasteiger partial charge in [-0.05, 0) is 12.1 Å². The highest BCUT2D eigenvalue weighted by molar-refractivity contribution is 5.96. The van der Waals surface area contributed by atoms with E-state index in [0.29, 0.717) is 12.1 Å². The van der Waals surface area contributed by atoms with Crippen molar-refractivity contribution in [3.8, 4) is 0 Å². The fraction of sp³-hybridized carbons (Fsp3) is 0.200. The first kappa shape index (κ1) is 13.9. The maximum Gasteiger partial charge on any atom is 0.417 e. The van der Waals surface area contributed by atoms with Gasteiger partial charge < -0.3 is 9.84 Å². The standard InChI is InChI=1S/C10H6F4O4/c1-18-9(17)6-5(10(12,13)14)3-2-4(7(6)11)8(15)16/h2-3H,1H3,(H,15,16). The highest BCUT2D eigenvalue weighted by Gasteiger charge is 2.38. The number of alkyl halides is 3. The summed E-state index contributed by atoms with van der Waals surface area (Å²) in [7, 11) is 0.759. The molecule has 0 amide bonds. The van der Waals surface area contributed by atoms with Gasteiger partial charge in [0.25, 0.3) is 0 Å². The average Bonchev–Trinajstić information content (AvgIpc) is 2.25. The third-order valence-corrected chi connectivity index (χ3v) is 2.07. The molecule has 0 aliphatic heterocycles. The molecule has 0 heterocycles. The van der Waals surface area contributed by atoms with Crippen LogP contribution in [-0.4, -0.2) is 24.2 Å². The van der Waals surface area contributed by atoms with Gasteiger partial charge in [-0.25, -0.2) is 14.0 Å². The Hall–Kier alpha value is -2.12. The summed E-state index contributed by atoms with van der Waals surface area (Å²) >= 11 is 0. The monoisotopic (exact) mass is 266 g/mol. The second kappa shape index (κ2) is 4.63. The van der Waals surface area contributed by atoms with Crippen LogP contribution in [0, 0.1) is 5.82 Å². The van der Waals surface area contributed by atoms with Gasteiger partial charge in [0.2, 0.25) is 0 Å². The van der Waals surface area contributed by atoms with E-state index in [9.17, 15) is 27.2 Å². The van der Waals surface area contributed by atoms with Crippen molar-refractivity contribution in [1.29, 1.82) is 0 Å². The number of halogens is 4. The highest BCUT2D eigenvalue weighted by atomic mass is 19.4. The van der Waals surface area contributed by atoms with Gasteiger partial charge in [-0.3, -0.25) is 0 Å². The first-order chi connectivity index (χ1) is 8.20. The van der Waals surface area contributed by atoms with E-state index in [0.717, 1.165) is 7.11 Å². The zero-order valence-electron chi connectivity index (χ0n) is 8.84. The molecule has 0 saturated heterocycles. The quantitative estimate of drug-likeness (QED) is 0.659. The van der Waals surface area contributed by atoms with Crippen molar-refractivity contribution in [1.82, 2.24) is 0 Å². The Morgan fingerprint density at radius 1 is 1.28 bits per heavy atom. The Kier molecular flexibility index (Phi) is 3.59. The summed E-state index contributed by atoms with van der Waals surface area (Å²) < 4.78 is 55.2. The van der Waals surface area contributed by atoms with Crippen molar-refractivity contribution in [2.45, 2.75) is 6.18 Å². The minimum absolute atomic E-state index is 0.318. The Bertz CT molecular complexity index is 507. The molecule has 4 nitrogen and oxygen atoms in total. The largest absolute Gasteiger partial charge is 0.478 e. The molecule has 0 unspecified atom stereocenters. The Labute approximate surface area is 97.8 Å². The van der Waals surface area contributed by atoms with Crippen LogP contribution in [0.2, 0.25) is 0 Å². The Morgan fingerprint density at radius 2 is 1.83 bits per heavy atom. The maximum absolute atomic E-state index is 13.6. The molecule has 0 spiro atoms. The number of esters is 1. The van der Waals surface area contributed by atoms with Crippen LogP contribution in [0.25, 0.3) is 0 Å². The summed E-state index contributed by atoms with van der Waals surface area (Å²) in [5, 5.41) is 8.56. The molecule has 0 fully saturated rings. The SMILES string of the molecule is COC(=O)c1c(C(F)(F)F)ccc(C(=O)O)c1F. The summed E-state index contributed by atoms with van der Waals surface area (Å²) in [6.07, 6.45) is -5.00. The third kappa shape index (κ3) is 2.41. The van der Waals surface area contributed by atoms with Crippen molar-refractivity contribution >= 4 is 11.9 Å². The molecule has 1 aromatic rings. The number of carbonyl (C=O) groups is 2. The van der Waals surface area contributed by atoms with Gasteiger partial charge in [0.05, 0.1) is 18.2 Å². The molecule has 0 radical (unpaired) electrons. The molecule has 1 rings (SSSR count). The van der Waals surface area contributed by atoms with Gasteiger partial charge in [-0.15, -0.1) is 0 Å². The predicted octanol–water partition coefficient (Wildman–Crippen LogP) is 2.33. The molecule has 1 N–H and O–H groups in total. The molecule has 98 valence electrons. The van der Waals surface area contributed by atoms with Gasteiger partial charge in [0.15, 0.2) is 5.82 Å². The maximum atomic E-state index is 13.6. The van der Waals surface area contributed by atoms with Crippen molar-refractivity contribution in [2.75, 3.05) is 7.11 Å². The van der Waals surface area contributed by atoms with Crippen LogP contribution < -0.4 is 0 Å². The van der Waals surface area contributed by atoms with Crippen molar-refractivity contribution < 1.29 is 37.0 Å². The molecule has 0 aliphatic rings. The summed E-state index contributed by atoms with van der Waals surface area (Å²) in [4.78, 5) is 21.7. The number of carboxylic acids is 1. The van der Waals surface area contributed by atoms with E-state index >= 15 is 0 Å². The number of hydrogen-bond acceptors (Lipinski definition) is 3. The molecule has 8 heteroatoms. The summed E-state index contributed by atoms with van der Waals surface area (Å²) in [6, 6.07) is 0.756. The van der Waals surface area contributed by atoms with Crippen molar-refractivity contribution in [2.24, 2.45) is 0 Å². The minimum atomic E-state index is -5.00. The predicted molar refractivity (Wildman–Crippen MR) is 49.7 cm³/mol. The molecule has 1 aromatic carbocycles. The normalized spacial score (nSPS) is 11.2. The van der Waals surface area contributed by atoms with Gasteiger partial charge >= 0.3 is 18.1 Å². The molecular formula is C10H6F4O4. The first-order valence-electron chi connectivity index (χ1n) is 4.41. The number of carbonyl (C=O) groups excluding carboxylic acids is 1. The van der Waals surface area contributed by atoms with E-state index in [1.807, 2.05) is 0 Å². The number of aromatic carboxylic acids is 1. The first-order valence-corrected chi connectivity index (χ1v) is 4.41. The van der Waals surface area contributed by atoms with E-state index in [-0.39, 0.29) is 0 Å². The average molecular weight is 266 g/mol. The number of methoxy groups -OCH3 is 1. The lowest BCUT2D eigenvalue weighted by Gasteiger charge is -2.13. The Balaban J connectivity index is 3.62. The lowest BCUT2D eigenvalue weighted by Crippen LogP contribution is -2.18. The molecule has 0 aliphatic carbocycles. The smallest absolute Gasteiger partial charge is 0.417 e. The fourth-order valence-corrected chi connectivity index (χ4v) is 1.28. The van der Waals surface area contributed by atoms with Crippen LogP contribution in [0.3, 0.4) is 0 Å². The van der Waals surface area contributed by atoms with Crippen LogP contribution >= 0.6 is 0 Å². The molecule has 0 aromatic heterocycles. The van der Waals surface area contributed by atoms with Crippen molar-refractivity contribution in [3.63, 3.8) is 0 Å². The second-order valence-electron chi connectivity index (χ2n) is 3.14. The van der Waals surface area contributed by atoms with E-state index in [1.165, 1.54) is 0 Å². The van der Waals surface area contributed by atoms with Crippen LogP contribution in [0.15, 0.2) is 12.1 Å². The number of benzene rings is 1. The topological polar surface area (TPSA) is 63.6 Å². The second-order valence-corrected chi connectivity index (χ2v) is 3.14. The summed E-state index contributed by atoms with van der Waals surface area (Å²) in [5.74, 6) is -5.15. The molecular weight excluding hydrogens is 260 g/mol. The lowest BCUT2D eigenvalue weighted by molar-refractivity contribution is -0.138. The summed E-state index contributed by atoms with van der Waals surface area (Å²) in [5.41, 5.74) is -4.06.